The minimum Gasteiger partial charge on any atom is -0.387 e. The normalized spacial score (nSPS) is 23.7. The summed E-state index contributed by atoms with van der Waals surface area (Å²) in [5, 5.41) is 23.9. The Hall–Kier alpha value is -2.22. The molecule has 2 aromatic heterocycles. The second-order valence-corrected chi connectivity index (χ2v) is 7.51. The third kappa shape index (κ3) is 6.38. The van der Waals surface area contributed by atoms with Crippen LogP contribution in [0, 0.1) is 0 Å². The van der Waals surface area contributed by atoms with E-state index >= 15 is 0 Å². The molecule has 0 bridgehead atoms. The van der Waals surface area contributed by atoms with Crippen LogP contribution in [-0.2, 0) is 20.0 Å². The quantitative estimate of drug-likeness (QED) is 0.161. The number of hydrogen-bond donors (Lipinski definition) is 7. The van der Waals surface area contributed by atoms with Gasteiger partial charge < -0.3 is 35.7 Å². The van der Waals surface area contributed by atoms with Gasteiger partial charge in [-0.25, -0.2) is 20.8 Å². The van der Waals surface area contributed by atoms with E-state index in [-0.39, 0.29) is 5.82 Å². The highest BCUT2D eigenvalue weighted by Gasteiger charge is 2.45. The van der Waals surface area contributed by atoms with Crippen molar-refractivity contribution in [3.63, 3.8) is 0 Å². The van der Waals surface area contributed by atoms with Gasteiger partial charge in [0, 0.05) is 20.1 Å². The van der Waals surface area contributed by atoms with Crippen molar-refractivity contribution >= 4 is 33.3 Å². The Morgan fingerprint density at radius 3 is 2.55 bits per heavy atom. The summed E-state index contributed by atoms with van der Waals surface area (Å²) in [6.07, 6.45) is -2.43. The largest absolute Gasteiger partial charge is 0.394 e. The number of aliphatic hydroxyl groups is 2. The number of anilines is 2. The van der Waals surface area contributed by atoms with Crippen molar-refractivity contribution in [1.82, 2.24) is 24.4 Å². The van der Waals surface area contributed by atoms with Crippen molar-refractivity contribution < 1.29 is 37.3 Å². The summed E-state index contributed by atoms with van der Waals surface area (Å²) in [4.78, 5) is 18.9. The van der Waals surface area contributed by atoms with Crippen LogP contribution < -0.4 is 16.9 Å². The molecule has 31 heavy (non-hydrogen) atoms. The second-order valence-electron chi connectivity index (χ2n) is 6.61. The summed E-state index contributed by atoms with van der Waals surface area (Å²) in [6.45, 7) is 1.29. The number of likely N-dealkylation sites (N-methyl/N-ethyl adjacent to an activating group) is 1. The van der Waals surface area contributed by atoms with Gasteiger partial charge in [0.05, 0.1) is 6.61 Å². The fourth-order valence-corrected chi connectivity index (χ4v) is 3.04. The van der Waals surface area contributed by atoms with Crippen LogP contribution in [0.3, 0.4) is 0 Å². The molecule has 2 aromatic rings. The van der Waals surface area contributed by atoms with E-state index in [9.17, 15) is 10.2 Å². The Labute approximate surface area is 177 Å². The minimum atomic E-state index is -4.67. The van der Waals surface area contributed by atoms with Gasteiger partial charge in [-0.1, -0.05) is 0 Å². The maximum atomic E-state index is 10.5. The molecule has 0 saturated carbocycles. The summed E-state index contributed by atoms with van der Waals surface area (Å²) in [5.74, 6) is 5.65. The predicted octanol–water partition coefficient (Wildman–Crippen LogP) is -2.76. The molecule has 3 heterocycles. The van der Waals surface area contributed by atoms with Crippen molar-refractivity contribution in [2.45, 2.75) is 24.5 Å². The summed E-state index contributed by atoms with van der Waals surface area (Å²) in [6, 6.07) is 0. The number of aliphatic hydroxyl groups excluding tert-OH is 2. The molecule has 0 aromatic carbocycles. The van der Waals surface area contributed by atoms with Crippen LogP contribution in [0.15, 0.2) is 6.33 Å². The van der Waals surface area contributed by atoms with E-state index in [0.29, 0.717) is 36.8 Å². The Morgan fingerprint density at radius 1 is 1.32 bits per heavy atom. The number of rotatable bonds is 7. The summed E-state index contributed by atoms with van der Waals surface area (Å²) in [7, 11) is -1.15. The molecule has 17 heteroatoms. The standard InChI is InChI=1S/C14H24N8O4.H2O4S/c1-17-14-20-8-11(15)18-6-19-12(8)22(14)13-10(24)9(23)7(26-13)5-21(2)3-4-25-16;1-5(2,3)4/h6-7,9-10,13,23-24H,3-5,16H2,1-2H3,(H,17,20)(H2,15,18,19);(H2,1,2,3,4)/t7-,9-,10-,13-;/m1./s1. The Bertz CT molecular complexity index is 965. The molecule has 16 nitrogen and oxygen atoms in total. The van der Waals surface area contributed by atoms with E-state index in [1.54, 1.807) is 11.6 Å². The molecule has 9 N–H and O–H groups in total. The van der Waals surface area contributed by atoms with Gasteiger partial charge in [0.1, 0.15) is 24.6 Å². The first-order valence-electron chi connectivity index (χ1n) is 8.85. The number of fused-ring (bicyclic) bond motifs is 1. The molecular weight excluding hydrogens is 440 g/mol. The predicted molar refractivity (Wildman–Crippen MR) is 107 cm³/mol. The van der Waals surface area contributed by atoms with Gasteiger partial charge >= 0.3 is 10.4 Å². The zero-order valence-electron chi connectivity index (χ0n) is 16.7. The van der Waals surface area contributed by atoms with Crippen LogP contribution in [0.1, 0.15) is 6.23 Å². The zero-order chi connectivity index (χ0) is 23.3. The molecule has 1 fully saturated rings. The summed E-state index contributed by atoms with van der Waals surface area (Å²) >= 11 is 0. The van der Waals surface area contributed by atoms with Gasteiger partial charge in [0.2, 0.25) is 5.95 Å². The highest BCUT2D eigenvalue weighted by Crippen LogP contribution is 2.35. The molecule has 3 rings (SSSR count). The number of nitrogens with zero attached hydrogens (tertiary/aromatic N) is 5. The van der Waals surface area contributed by atoms with Gasteiger partial charge in [-0.2, -0.15) is 8.42 Å². The molecule has 0 spiro atoms. The fraction of sp³-hybridized carbons (Fsp3) is 0.643. The summed E-state index contributed by atoms with van der Waals surface area (Å²) < 4.78 is 39.1. The van der Waals surface area contributed by atoms with Crippen molar-refractivity contribution in [2.24, 2.45) is 5.90 Å². The Balaban J connectivity index is 0.000000614. The number of nitrogens with one attached hydrogen (secondary N) is 1. The minimum absolute atomic E-state index is 0.219. The lowest BCUT2D eigenvalue weighted by Crippen LogP contribution is -2.39. The highest BCUT2D eigenvalue weighted by molar-refractivity contribution is 7.79. The number of hydrogen-bond acceptors (Lipinski definition) is 13. The molecule has 0 unspecified atom stereocenters. The maximum Gasteiger partial charge on any atom is 0.394 e. The van der Waals surface area contributed by atoms with E-state index in [1.807, 2.05) is 11.9 Å². The van der Waals surface area contributed by atoms with Crippen LogP contribution >= 0.6 is 0 Å². The van der Waals surface area contributed by atoms with Crippen molar-refractivity contribution in [1.29, 1.82) is 0 Å². The van der Waals surface area contributed by atoms with E-state index in [0.717, 1.165) is 0 Å². The van der Waals surface area contributed by atoms with Gasteiger partial charge in [0.15, 0.2) is 23.2 Å². The van der Waals surface area contributed by atoms with E-state index in [4.69, 9.17) is 33.9 Å². The fourth-order valence-electron chi connectivity index (χ4n) is 3.04. The Morgan fingerprint density at radius 2 is 1.97 bits per heavy atom. The molecule has 1 aliphatic heterocycles. The first kappa shape index (κ1) is 25.0. The number of imidazole rings is 1. The SMILES string of the molecule is CNc1nc2c(N)ncnc2n1[C@@H]1O[C@H](CN(C)CCON)[C@@H](O)[C@H]1O.O=S(=O)(O)O. The van der Waals surface area contributed by atoms with Crippen LogP contribution in [0.4, 0.5) is 11.8 Å². The molecule has 1 aliphatic rings. The third-order valence-corrected chi connectivity index (χ3v) is 4.40. The molecule has 0 aliphatic carbocycles. The zero-order valence-corrected chi connectivity index (χ0v) is 17.5. The van der Waals surface area contributed by atoms with E-state index < -0.39 is 34.9 Å². The van der Waals surface area contributed by atoms with Crippen LogP contribution in [-0.4, -0.2) is 104 Å². The van der Waals surface area contributed by atoms with Crippen LogP contribution in [0.5, 0.6) is 0 Å². The molecule has 4 atom stereocenters. The average molecular weight is 466 g/mol. The van der Waals surface area contributed by atoms with Crippen LogP contribution in [0.25, 0.3) is 11.2 Å². The molecule has 176 valence electrons. The number of nitrogens with two attached hydrogens (primary N) is 2. The highest BCUT2D eigenvalue weighted by atomic mass is 32.3. The van der Waals surface area contributed by atoms with Gasteiger partial charge in [0.25, 0.3) is 0 Å². The molecular formula is C14H26N8O8S. The van der Waals surface area contributed by atoms with Crippen molar-refractivity contribution in [3.05, 3.63) is 6.33 Å². The van der Waals surface area contributed by atoms with Gasteiger partial charge in [-0.3, -0.25) is 13.7 Å². The lowest BCUT2D eigenvalue weighted by atomic mass is 10.1. The molecule has 1 saturated heterocycles. The van der Waals surface area contributed by atoms with E-state index in [2.05, 4.69) is 25.1 Å². The lowest BCUT2D eigenvalue weighted by molar-refractivity contribution is -0.0425. The number of nitrogen functional groups attached to an aromatic ring is 1. The van der Waals surface area contributed by atoms with Gasteiger partial charge in [-0.05, 0) is 7.05 Å². The number of aromatic nitrogens is 4. The van der Waals surface area contributed by atoms with E-state index in [1.165, 1.54) is 6.33 Å². The Kier molecular flexibility index (Phi) is 8.40. The summed E-state index contributed by atoms with van der Waals surface area (Å²) in [5.41, 5.74) is 6.65. The number of ether oxygens (including phenoxy) is 1. The van der Waals surface area contributed by atoms with Crippen molar-refractivity contribution in [3.8, 4) is 0 Å². The van der Waals surface area contributed by atoms with Crippen LogP contribution in [0.2, 0.25) is 0 Å². The maximum absolute atomic E-state index is 10.5. The smallest absolute Gasteiger partial charge is 0.387 e. The van der Waals surface area contributed by atoms with Crippen molar-refractivity contribution in [2.75, 3.05) is 44.8 Å². The first-order chi connectivity index (χ1) is 14.5. The average Bonchev–Trinajstić information content (AvgIpc) is 3.18. The third-order valence-electron chi connectivity index (χ3n) is 4.40. The monoisotopic (exact) mass is 466 g/mol. The lowest BCUT2D eigenvalue weighted by Gasteiger charge is -2.22. The topological polar surface area (TPSA) is 244 Å². The first-order valence-corrected chi connectivity index (χ1v) is 10.3. The second kappa shape index (κ2) is 10.4. The molecule has 0 amide bonds. The van der Waals surface area contributed by atoms with Gasteiger partial charge in [-0.15, -0.1) is 0 Å². The molecule has 0 radical (unpaired) electrons.